The molecule has 8 heteroatoms. The molecule has 2 atom stereocenters. The van der Waals surface area contributed by atoms with E-state index in [4.69, 9.17) is 9.84 Å². The molecule has 2 unspecified atom stereocenters. The molecule has 0 saturated heterocycles. The number of anilines is 1. The number of hydrogen-bond acceptors (Lipinski definition) is 5. The van der Waals surface area contributed by atoms with Gasteiger partial charge >= 0.3 is 5.97 Å². The Morgan fingerprint density at radius 2 is 1.79 bits per heavy atom. The van der Waals surface area contributed by atoms with E-state index in [0.29, 0.717) is 37.3 Å². The molecule has 6 nitrogen and oxygen atoms in total. The highest BCUT2D eigenvalue weighted by Crippen LogP contribution is 2.47. The molecule has 0 aromatic heterocycles. The summed E-state index contributed by atoms with van der Waals surface area (Å²) in [7, 11) is -3.00. The van der Waals surface area contributed by atoms with Gasteiger partial charge in [-0.25, -0.2) is 12.8 Å². The molecule has 0 bridgehead atoms. The number of halogens is 1. The number of sulfone groups is 1. The Bertz CT molecular complexity index is 1450. The smallest absolute Gasteiger partial charge is 0.307 e. The SMILES string of the molecule is CS(=O)(=O)CCCOc1ccc2c(c1)CCCc1cc(F)c(CNc3ccc(C4CC4C(=O)O)cc3)cc1-2. The van der Waals surface area contributed by atoms with Crippen molar-refractivity contribution in [3.8, 4) is 16.9 Å². The molecule has 1 fully saturated rings. The van der Waals surface area contributed by atoms with Gasteiger partial charge in [0, 0.05) is 24.1 Å². The van der Waals surface area contributed by atoms with E-state index >= 15 is 4.39 Å². The third-order valence-corrected chi connectivity index (χ3v) is 8.42. The number of rotatable bonds is 10. The number of ether oxygens (including phenoxy) is 1. The predicted molar refractivity (Wildman–Crippen MR) is 146 cm³/mol. The Balaban J connectivity index is 1.28. The first-order valence-electron chi connectivity index (χ1n) is 13.0. The van der Waals surface area contributed by atoms with Crippen molar-refractivity contribution in [2.45, 2.75) is 44.6 Å². The lowest BCUT2D eigenvalue weighted by atomic mass is 9.94. The van der Waals surface area contributed by atoms with Gasteiger partial charge in [-0.3, -0.25) is 4.79 Å². The standard InChI is InChI=1S/C30H32FNO5S/c1-38(35,36)13-3-12-37-24-10-11-25-20(14-24)4-2-5-21-16-29(31)22(15-26(21)25)18-32-23-8-6-19(7-9-23)27-17-28(27)30(33)34/h6-11,14-16,27-28,32H,2-5,12-13,17-18H2,1H3,(H,33,34). The second-order valence-corrected chi connectivity index (χ2v) is 12.6. The van der Waals surface area contributed by atoms with Crippen molar-refractivity contribution in [1.29, 1.82) is 0 Å². The van der Waals surface area contributed by atoms with Crippen molar-refractivity contribution < 1.29 is 27.4 Å². The maximum Gasteiger partial charge on any atom is 0.307 e. The molecule has 2 aliphatic carbocycles. The van der Waals surface area contributed by atoms with Gasteiger partial charge in [-0.1, -0.05) is 18.2 Å². The quantitative estimate of drug-likeness (QED) is 0.327. The van der Waals surface area contributed by atoms with Crippen LogP contribution in [0.25, 0.3) is 11.1 Å². The number of benzene rings is 3. The number of aryl methyl sites for hydroxylation is 2. The molecule has 0 radical (unpaired) electrons. The lowest BCUT2D eigenvalue weighted by Crippen LogP contribution is -2.08. The molecule has 2 N–H and O–H groups in total. The van der Waals surface area contributed by atoms with Gasteiger partial charge < -0.3 is 15.2 Å². The third-order valence-electron chi connectivity index (χ3n) is 7.39. The molecule has 0 spiro atoms. The number of carbonyl (C=O) groups is 1. The summed E-state index contributed by atoms with van der Waals surface area (Å²) < 4.78 is 43.5. The summed E-state index contributed by atoms with van der Waals surface area (Å²) in [4.78, 5) is 11.1. The molecule has 200 valence electrons. The van der Waals surface area contributed by atoms with E-state index in [9.17, 15) is 13.2 Å². The highest BCUT2D eigenvalue weighted by molar-refractivity contribution is 7.90. The van der Waals surface area contributed by atoms with E-state index < -0.39 is 15.8 Å². The molecular weight excluding hydrogens is 505 g/mol. The number of aliphatic carboxylic acids is 1. The predicted octanol–water partition coefficient (Wildman–Crippen LogP) is 5.60. The summed E-state index contributed by atoms with van der Waals surface area (Å²) in [5.74, 6) is -0.358. The molecule has 0 amide bonds. The van der Waals surface area contributed by atoms with Gasteiger partial charge in [0.1, 0.15) is 21.4 Å². The maximum absolute atomic E-state index is 15.0. The van der Waals surface area contributed by atoms with E-state index in [0.717, 1.165) is 52.8 Å². The summed E-state index contributed by atoms with van der Waals surface area (Å²) in [6, 6.07) is 17.2. The van der Waals surface area contributed by atoms with Crippen molar-refractivity contribution in [2.24, 2.45) is 5.92 Å². The number of hydrogen-bond donors (Lipinski definition) is 2. The fourth-order valence-corrected chi connectivity index (χ4v) is 5.89. The van der Waals surface area contributed by atoms with Gasteiger partial charge in [-0.05, 0) is 102 Å². The van der Waals surface area contributed by atoms with E-state index in [2.05, 4.69) is 5.32 Å². The average Bonchev–Trinajstić information content (AvgIpc) is 3.69. The fraction of sp³-hybridized carbons (Fsp3) is 0.367. The van der Waals surface area contributed by atoms with Crippen molar-refractivity contribution in [3.63, 3.8) is 0 Å². The fourth-order valence-electron chi connectivity index (χ4n) is 5.24. The minimum Gasteiger partial charge on any atom is -0.494 e. The van der Waals surface area contributed by atoms with Crippen molar-refractivity contribution in [3.05, 3.63) is 82.7 Å². The number of carboxylic acids is 1. The van der Waals surface area contributed by atoms with E-state index in [1.807, 2.05) is 48.5 Å². The normalized spacial score (nSPS) is 18.2. The second kappa shape index (κ2) is 10.8. The van der Waals surface area contributed by atoms with E-state index in [-0.39, 0.29) is 23.4 Å². The van der Waals surface area contributed by atoms with Crippen molar-refractivity contribution >= 4 is 21.5 Å². The molecule has 3 aromatic rings. The Morgan fingerprint density at radius 1 is 1.05 bits per heavy atom. The van der Waals surface area contributed by atoms with Crippen molar-refractivity contribution in [1.82, 2.24) is 0 Å². The van der Waals surface area contributed by atoms with Crippen LogP contribution in [-0.4, -0.2) is 38.1 Å². The van der Waals surface area contributed by atoms with Gasteiger partial charge in [0.25, 0.3) is 0 Å². The average molecular weight is 538 g/mol. The number of nitrogens with one attached hydrogen (secondary N) is 1. The summed E-state index contributed by atoms with van der Waals surface area (Å²) >= 11 is 0. The zero-order valence-corrected chi connectivity index (χ0v) is 22.2. The van der Waals surface area contributed by atoms with Gasteiger partial charge in [-0.15, -0.1) is 0 Å². The van der Waals surface area contributed by atoms with Crippen LogP contribution in [0.1, 0.15) is 47.4 Å². The molecule has 2 aliphatic rings. The first kappa shape index (κ1) is 26.2. The monoisotopic (exact) mass is 537 g/mol. The Kier molecular flexibility index (Phi) is 7.43. The van der Waals surface area contributed by atoms with E-state index in [1.54, 1.807) is 6.07 Å². The first-order chi connectivity index (χ1) is 18.2. The summed E-state index contributed by atoms with van der Waals surface area (Å²) in [5.41, 5.74) is 6.70. The third kappa shape index (κ3) is 6.18. The Hall–Kier alpha value is -3.39. The lowest BCUT2D eigenvalue weighted by molar-refractivity contribution is -0.138. The summed E-state index contributed by atoms with van der Waals surface area (Å²) in [6.45, 7) is 0.668. The molecule has 0 aliphatic heterocycles. The zero-order valence-electron chi connectivity index (χ0n) is 21.4. The largest absolute Gasteiger partial charge is 0.494 e. The number of fused-ring (bicyclic) bond motifs is 3. The number of carboxylic acid groups (broad SMARTS) is 1. The minimum atomic E-state index is -3.00. The zero-order chi connectivity index (χ0) is 26.9. The van der Waals surface area contributed by atoms with Crippen LogP contribution in [0.15, 0.2) is 54.6 Å². The second-order valence-electron chi connectivity index (χ2n) is 10.4. The molecular formula is C30H32FNO5S. The maximum atomic E-state index is 15.0. The first-order valence-corrected chi connectivity index (χ1v) is 15.1. The Labute approximate surface area is 222 Å². The topological polar surface area (TPSA) is 92.7 Å². The summed E-state index contributed by atoms with van der Waals surface area (Å²) in [6.07, 6.45) is 4.91. The van der Waals surface area contributed by atoms with Crippen LogP contribution in [0.2, 0.25) is 0 Å². The van der Waals surface area contributed by atoms with E-state index in [1.165, 1.54) is 6.26 Å². The minimum absolute atomic E-state index is 0.0852. The van der Waals surface area contributed by atoms with Gasteiger partial charge in [0.05, 0.1) is 18.3 Å². The van der Waals surface area contributed by atoms with Crippen molar-refractivity contribution in [2.75, 3.05) is 23.9 Å². The van der Waals surface area contributed by atoms with Crippen LogP contribution >= 0.6 is 0 Å². The summed E-state index contributed by atoms with van der Waals surface area (Å²) in [5, 5.41) is 12.4. The van der Waals surface area contributed by atoms with Crippen LogP contribution in [0.5, 0.6) is 5.75 Å². The lowest BCUT2D eigenvalue weighted by Gasteiger charge is -2.15. The van der Waals surface area contributed by atoms with Gasteiger partial charge in [0.15, 0.2) is 0 Å². The van der Waals surface area contributed by atoms with Gasteiger partial charge in [0.2, 0.25) is 0 Å². The van der Waals surface area contributed by atoms with Crippen LogP contribution in [0, 0.1) is 11.7 Å². The highest BCUT2D eigenvalue weighted by atomic mass is 32.2. The molecule has 1 saturated carbocycles. The molecule has 3 aromatic carbocycles. The molecule has 38 heavy (non-hydrogen) atoms. The van der Waals surface area contributed by atoms with Crippen LogP contribution in [0.4, 0.5) is 10.1 Å². The van der Waals surface area contributed by atoms with Crippen LogP contribution in [0.3, 0.4) is 0 Å². The van der Waals surface area contributed by atoms with Crippen LogP contribution < -0.4 is 10.1 Å². The highest BCUT2D eigenvalue weighted by Gasteiger charge is 2.44. The van der Waals surface area contributed by atoms with Gasteiger partial charge in [-0.2, -0.15) is 0 Å². The van der Waals surface area contributed by atoms with Crippen LogP contribution in [-0.2, 0) is 34.0 Å². The molecule has 5 rings (SSSR count). The molecule has 0 heterocycles. The Morgan fingerprint density at radius 3 is 2.47 bits per heavy atom.